The quantitative estimate of drug-likeness (QED) is 0.455. The second-order valence-electron chi connectivity index (χ2n) is 3.36. The minimum Gasteiger partial charge on any atom is -0.497 e. The summed E-state index contributed by atoms with van der Waals surface area (Å²) in [5.74, 6) is 0.00855. The summed E-state index contributed by atoms with van der Waals surface area (Å²) in [5.41, 5.74) is 0.333. The van der Waals surface area contributed by atoms with Crippen molar-refractivity contribution in [1.29, 1.82) is 0 Å². The number of rotatable bonds is 5. The first kappa shape index (κ1) is 13.7. The molecule has 96 valence electrons. The Morgan fingerprint density at radius 1 is 1.44 bits per heavy atom. The lowest BCUT2D eigenvalue weighted by Crippen LogP contribution is -1.97. The van der Waals surface area contributed by atoms with Crippen molar-refractivity contribution in [3.8, 4) is 5.75 Å². The Bertz CT molecular complexity index is 481. The van der Waals surface area contributed by atoms with Crippen LogP contribution in [0.2, 0.25) is 0 Å². The van der Waals surface area contributed by atoms with E-state index in [1.807, 2.05) is 0 Å². The van der Waals surface area contributed by atoms with Gasteiger partial charge in [-0.15, -0.1) is 0 Å². The summed E-state index contributed by atoms with van der Waals surface area (Å²) >= 11 is 0. The van der Waals surface area contributed by atoms with E-state index in [1.54, 1.807) is 12.1 Å². The fourth-order valence-electron chi connectivity index (χ4n) is 1.31. The maximum Gasteiger partial charge on any atom is 0.309 e. The van der Waals surface area contributed by atoms with Crippen molar-refractivity contribution in [2.24, 2.45) is 0 Å². The molecule has 0 N–H and O–H groups in total. The highest BCUT2D eigenvalue weighted by atomic mass is 16.6. The van der Waals surface area contributed by atoms with Gasteiger partial charge < -0.3 is 9.47 Å². The first-order chi connectivity index (χ1) is 8.58. The Hall–Kier alpha value is -2.37. The molecule has 1 rings (SSSR count). The normalized spacial score (nSPS) is 10.3. The Labute approximate surface area is 104 Å². The van der Waals surface area contributed by atoms with Gasteiger partial charge in [-0.2, -0.15) is 0 Å². The monoisotopic (exact) mass is 251 g/mol. The number of nitro benzene ring substituents is 1. The number of benzene rings is 1. The highest BCUT2D eigenvalue weighted by Gasteiger charge is 2.12. The van der Waals surface area contributed by atoms with Crippen LogP contribution in [0.5, 0.6) is 5.75 Å². The third kappa shape index (κ3) is 3.58. The van der Waals surface area contributed by atoms with Gasteiger partial charge in [-0.1, -0.05) is 12.2 Å². The maximum absolute atomic E-state index is 10.9. The predicted molar refractivity (Wildman–Crippen MR) is 65.3 cm³/mol. The van der Waals surface area contributed by atoms with Gasteiger partial charge in [0.15, 0.2) is 0 Å². The van der Waals surface area contributed by atoms with E-state index >= 15 is 0 Å². The predicted octanol–water partition coefficient (Wildman–Crippen LogP) is 2.18. The molecule has 0 aliphatic heterocycles. The molecule has 1 aromatic carbocycles. The van der Waals surface area contributed by atoms with E-state index in [4.69, 9.17) is 4.74 Å². The van der Waals surface area contributed by atoms with Gasteiger partial charge in [0, 0.05) is 0 Å². The van der Waals surface area contributed by atoms with Crippen LogP contribution in [-0.4, -0.2) is 25.1 Å². The Morgan fingerprint density at radius 3 is 2.72 bits per heavy atom. The molecular weight excluding hydrogens is 238 g/mol. The fourth-order valence-corrected chi connectivity index (χ4v) is 1.31. The molecule has 0 atom stereocenters. The molecule has 1 aromatic rings. The number of nitrogens with zero attached hydrogens (tertiary/aromatic N) is 1. The molecule has 0 saturated carbocycles. The first-order valence-corrected chi connectivity index (χ1v) is 5.14. The van der Waals surface area contributed by atoms with Crippen LogP contribution in [-0.2, 0) is 9.53 Å². The van der Waals surface area contributed by atoms with Gasteiger partial charge in [-0.3, -0.25) is 14.9 Å². The summed E-state index contributed by atoms with van der Waals surface area (Å²) in [4.78, 5) is 21.3. The highest BCUT2D eigenvalue weighted by molar-refractivity contribution is 5.73. The summed E-state index contributed by atoms with van der Waals surface area (Å²) in [5, 5.41) is 10.9. The molecule has 0 fully saturated rings. The topological polar surface area (TPSA) is 78.7 Å². The second-order valence-corrected chi connectivity index (χ2v) is 3.36. The summed E-state index contributed by atoms with van der Waals surface area (Å²) in [7, 11) is 2.72. The van der Waals surface area contributed by atoms with E-state index in [0.717, 1.165) is 0 Å². The van der Waals surface area contributed by atoms with Crippen molar-refractivity contribution in [3.63, 3.8) is 0 Å². The minimum atomic E-state index is -0.500. The van der Waals surface area contributed by atoms with Crippen molar-refractivity contribution in [2.45, 2.75) is 6.42 Å². The molecule has 6 heteroatoms. The largest absolute Gasteiger partial charge is 0.497 e. The van der Waals surface area contributed by atoms with E-state index in [0.29, 0.717) is 11.3 Å². The van der Waals surface area contributed by atoms with Crippen LogP contribution < -0.4 is 4.74 Å². The third-order valence-corrected chi connectivity index (χ3v) is 2.24. The van der Waals surface area contributed by atoms with E-state index < -0.39 is 10.9 Å². The van der Waals surface area contributed by atoms with Crippen LogP contribution in [0.3, 0.4) is 0 Å². The van der Waals surface area contributed by atoms with Crippen molar-refractivity contribution in [1.82, 2.24) is 0 Å². The molecule has 0 aliphatic carbocycles. The Balaban J connectivity index is 2.94. The zero-order valence-corrected chi connectivity index (χ0v) is 10.1. The van der Waals surface area contributed by atoms with E-state index in [-0.39, 0.29) is 12.1 Å². The molecule has 0 radical (unpaired) electrons. The van der Waals surface area contributed by atoms with Crippen molar-refractivity contribution >= 4 is 17.7 Å². The summed E-state index contributed by atoms with van der Waals surface area (Å²) in [6.45, 7) is 0. The average molecular weight is 251 g/mol. The van der Waals surface area contributed by atoms with Crippen LogP contribution in [0.4, 0.5) is 5.69 Å². The summed E-state index contributed by atoms with van der Waals surface area (Å²) in [6.07, 6.45) is 3.09. The maximum atomic E-state index is 10.9. The lowest BCUT2D eigenvalue weighted by Gasteiger charge is -2.01. The van der Waals surface area contributed by atoms with Gasteiger partial charge in [-0.05, 0) is 12.1 Å². The van der Waals surface area contributed by atoms with Crippen LogP contribution in [0.25, 0.3) is 6.08 Å². The van der Waals surface area contributed by atoms with Gasteiger partial charge in [-0.25, -0.2) is 0 Å². The number of nitro groups is 1. The Kier molecular flexibility index (Phi) is 4.86. The second kappa shape index (κ2) is 6.39. The molecule has 0 bridgehead atoms. The SMILES string of the molecule is COC(=O)CC=Cc1ccc(OC)cc1[N+](=O)[O-]. The number of esters is 1. The van der Waals surface area contributed by atoms with Gasteiger partial charge in [0.2, 0.25) is 0 Å². The molecule has 0 unspecified atom stereocenters. The zero-order chi connectivity index (χ0) is 13.5. The molecule has 18 heavy (non-hydrogen) atoms. The van der Waals surface area contributed by atoms with Crippen molar-refractivity contribution in [3.05, 3.63) is 40.0 Å². The number of carbonyl (C=O) groups is 1. The zero-order valence-electron chi connectivity index (χ0n) is 10.1. The summed E-state index contributed by atoms with van der Waals surface area (Å²) < 4.78 is 9.38. The summed E-state index contributed by atoms with van der Waals surface area (Å²) in [6, 6.07) is 4.51. The van der Waals surface area contributed by atoms with Gasteiger partial charge >= 0.3 is 5.97 Å². The van der Waals surface area contributed by atoms with Gasteiger partial charge in [0.1, 0.15) is 5.75 Å². The van der Waals surface area contributed by atoms with Crippen LogP contribution >= 0.6 is 0 Å². The molecule has 0 heterocycles. The third-order valence-electron chi connectivity index (χ3n) is 2.24. The highest BCUT2D eigenvalue weighted by Crippen LogP contribution is 2.25. The van der Waals surface area contributed by atoms with Gasteiger partial charge in [0.05, 0.1) is 37.2 Å². The average Bonchev–Trinajstić information content (AvgIpc) is 2.38. The van der Waals surface area contributed by atoms with E-state index in [9.17, 15) is 14.9 Å². The van der Waals surface area contributed by atoms with Crippen LogP contribution in [0, 0.1) is 10.1 Å². The number of hydrogen-bond donors (Lipinski definition) is 0. The molecule has 0 aliphatic rings. The molecule has 0 aromatic heterocycles. The number of hydrogen-bond acceptors (Lipinski definition) is 5. The van der Waals surface area contributed by atoms with Crippen LogP contribution in [0.15, 0.2) is 24.3 Å². The van der Waals surface area contributed by atoms with Gasteiger partial charge in [0.25, 0.3) is 5.69 Å². The standard InChI is InChI=1S/C12H13NO5/c1-17-10-7-6-9(11(8-10)13(15)16)4-3-5-12(14)18-2/h3-4,6-8H,5H2,1-2H3. The molecule has 0 amide bonds. The number of ether oxygens (including phenoxy) is 2. The Morgan fingerprint density at radius 2 is 2.17 bits per heavy atom. The van der Waals surface area contributed by atoms with Crippen molar-refractivity contribution < 1.29 is 19.2 Å². The van der Waals surface area contributed by atoms with E-state index in [1.165, 1.54) is 32.4 Å². The minimum absolute atomic E-state index is 0.0691. The number of carbonyl (C=O) groups excluding carboxylic acids is 1. The number of methoxy groups -OCH3 is 2. The van der Waals surface area contributed by atoms with E-state index in [2.05, 4.69) is 4.74 Å². The molecule has 0 spiro atoms. The lowest BCUT2D eigenvalue weighted by molar-refractivity contribution is -0.385. The lowest BCUT2D eigenvalue weighted by atomic mass is 10.1. The smallest absolute Gasteiger partial charge is 0.309 e. The van der Waals surface area contributed by atoms with Crippen molar-refractivity contribution in [2.75, 3.05) is 14.2 Å². The van der Waals surface area contributed by atoms with Crippen LogP contribution in [0.1, 0.15) is 12.0 Å². The molecule has 0 saturated heterocycles. The fraction of sp³-hybridized carbons (Fsp3) is 0.250. The molecular formula is C12H13NO5. The molecule has 6 nitrogen and oxygen atoms in total. The first-order valence-electron chi connectivity index (χ1n) is 5.14.